The van der Waals surface area contributed by atoms with Gasteiger partial charge in [-0.1, -0.05) is 29.8 Å². The number of aromatic nitrogens is 1. The van der Waals surface area contributed by atoms with Gasteiger partial charge in [0.1, 0.15) is 4.60 Å². The van der Waals surface area contributed by atoms with Crippen molar-refractivity contribution in [2.24, 2.45) is 5.73 Å². The van der Waals surface area contributed by atoms with Crippen LogP contribution in [0.1, 0.15) is 15.9 Å². The first-order chi connectivity index (χ1) is 9.08. The first-order valence-electron chi connectivity index (χ1n) is 5.50. The molecule has 0 aliphatic rings. The van der Waals surface area contributed by atoms with E-state index in [9.17, 15) is 4.79 Å². The van der Waals surface area contributed by atoms with Crippen LogP contribution in [0, 0.1) is 0 Å². The molecule has 1 heterocycles. The van der Waals surface area contributed by atoms with Gasteiger partial charge >= 0.3 is 0 Å². The summed E-state index contributed by atoms with van der Waals surface area (Å²) < 4.78 is 0.683. The van der Waals surface area contributed by atoms with E-state index in [4.69, 9.17) is 17.3 Å². The van der Waals surface area contributed by atoms with Crippen LogP contribution in [-0.4, -0.2) is 10.9 Å². The van der Waals surface area contributed by atoms with Crippen LogP contribution in [0.3, 0.4) is 0 Å². The van der Waals surface area contributed by atoms with Gasteiger partial charge in [0.2, 0.25) is 5.91 Å². The summed E-state index contributed by atoms with van der Waals surface area (Å²) in [6.45, 7) is 0.454. The van der Waals surface area contributed by atoms with Crippen molar-refractivity contribution >= 4 is 39.1 Å². The Morgan fingerprint density at radius 1 is 1.42 bits per heavy atom. The molecule has 1 aromatic carbocycles. The van der Waals surface area contributed by atoms with Crippen LogP contribution in [0.5, 0.6) is 0 Å². The molecular weight excluding hydrogens is 330 g/mol. The Morgan fingerprint density at radius 3 is 2.89 bits per heavy atom. The predicted octanol–water partition coefficient (Wildman–Crippen LogP) is 3.21. The molecule has 0 saturated carbocycles. The zero-order valence-electron chi connectivity index (χ0n) is 9.86. The molecule has 0 saturated heterocycles. The molecule has 0 aliphatic carbocycles. The predicted molar refractivity (Wildman–Crippen MR) is 79.2 cm³/mol. The summed E-state index contributed by atoms with van der Waals surface area (Å²) in [7, 11) is 0. The fourth-order valence-corrected chi connectivity index (χ4v) is 2.16. The maximum absolute atomic E-state index is 11.3. The van der Waals surface area contributed by atoms with E-state index in [-0.39, 0.29) is 0 Å². The van der Waals surface area contributed by atoms with E-state index >= 15 is 0 Å². The molecule has 0 fully saturated rings. The number of benzene rings is 1. The SMILES string of the molecule is NC(=O)c1ccccc1CNc1cc(Br)ncc1Cl. The van der Waals surface area contributed by atoms with E-state index in [0.29, 0.717) is 21.7 Å². The van der Waals surface area contributed by atoms with Gasteiger partial charge in [0, 0.05) is 18.3 Å². The third-order valence-corrected chi connectivity index (χ3v) is 3.31. The summed E-state index contributed by atoms with van der Waals surface area (Å²) in [5, 5.41) is 3.67. The summed E-state index contributed by atoms with van der Waals surface area (Å²) >= 11 is 9.30. The van der Waals surface area contributed by atoms with Crippen LogP contribution in [0.2, 0.25) is 5.02 Å². The highest BCUT2D eigenvalue weighted by Crippen LogP contribution is 2.24. The number of carbonyl (C=O) groups excluding carboxylic acids is 1. The topological polar surface area (TPSA) is 68.0 Å². The maximum Gasteiger partial charge on any atom is 0.249 e. The van der Waals surface area contributed by atoms with Gasteiger partial charge in [0.25, 0.3) is 0 Å². The number of primary amides is 1. The number of halogens is 2. The standard InChI is InChI=1S/C13H11BrClN3O/c14-12-5-11(10(15)7-18-12)17-6-8-3-1-2-4-9(8)13(16)19/h1-5,7H,6H2,(H2,16,19)(H,17,18). The van der Waals surface area contributed by atoms with E-state index < -0.39 is 5.91 Å². The van der Waals surface area contributed by atoms with Crippen LogP contribution in [0.4, 0.5) is 5.69 Å². The van der Waals surface area contributed by atoms with E-state index in [1.165, 1.54) is 0 Å². The first kappa shape index (κ1) is 13.8. The average Bonchev–Trinajstić information content (AvgIpc) is 2.40. The Morgan fingerprint density at radius 2 is 2.16 bits per heavy atom. The molecule has 2 rings (SSSR count). The Labute approximate surface area is 124 Å². The minimum atomic E-state index is -0.445. The normalized spacial score (nSPS) is 10.2. The number of amides is 1. The molecule has 6 heteroatoms. The average molecular weight is 341 g/mol. The van der Waals surface area contributed by atoms with E-state index in [1.54, 1.807) is 24.4 Å². The van der Waals surface area contributed by atoms with Gasteiger partial charge in [-0.15, -0.1) is 0 Å². The zero-order chi connectivity index (χ0) is 13.8. The number of hydrogen-bond acceptors (Lipinski definition) is 3. The van der Waals surface area contributed by atoms with Crippen LogP contribution in [-0.2, 0) is 6.54 Å². The van der Waals surface area contributed by atoms with E-state index in [2.05, 4.69) is 26.2 Å². The molecule has 0 atom stereocenters. The van der Waals surface area contributed by atoms with Crippen molar-refractivity contribution in [1.29, 1.82) is 0 Å². The number of nitrogens with two attached hydrogens (primary N) is 1. The van der Waals surface area contributed by atoms with E-state index in [1.807, 2.05) is 12.1 Å². The fraction of sp³-hybridized carbons (Fsp3) is 0.0769. The molecule has 1 amide bonds. The van der Waals surface area contributed by atoms with Gasteiger partial charge in [0.15, 0.2) is 0 Å². The van der Waals surface area contributed by atoms with Crippen molar-refractivity contribution in [3.05, 3.63) is 57.3 Å². The largest absolute Gasteiger partial charge is 0.380 e. The quantitative estimate of drug-likeness (QED) is 0.840. The molecule has 19 heavy (non-hydrogen) atoms. The second-order valence-electron chi connectivity index (χ2n) is 3.86. The molecule has 2 aromatic rings. The number of anilines is 1. The number of pyridine rings is 1. The van der Waals surface area contributed by atoms with Crippen LogP contribution >= 0.6 is 27.5 Å². The van der Waals surface area contributed by atoms with Gasteiger partial charge in [-0.05, 0) is 33.6 Å². The summed E-state index contributed by atoms with van der Waals surface area (Å²) in [6.07, 6.45) is 1.55. The lowest BCUT2D eigenvalue weighted by molar-refractivity contribution is 0.0999. The monoisotopic (exact) mass is 339 g/mol. The molecule has 0 radical (unpaired) electrons. The number of nitrogens with one attached hydrogen (secondary N) is 1. The van der Waals surface area contributed by atoms with Crippen molar-refractivity contribution in [3.8, 4) is 0 Å². The summed E-state index contributed by atoms with van der Waals surface area (Å²) in [5.74, 6) is -0.445. The first-order valence-corrected chi connectivity index (χ1v) is 6.67. The van der Waals surface area contributed by atoms with Gasteiger partial charge in [-0.25, -0.2) is 4.98 Å². The van der Waals surface area contributed by atoms with Crippen molar-refractivity contribution in [1.82, 2.24) is 4.98 Å². The maximum atomic E-state index is 11.3. The summed E-state index contributed by atoms with van der Waals surface area (Å²) in [6, 6.07) is 8.95. The van der Waals surface area contributed by atoms with Crippen molar-refractivity contribution in [2.45, 2.75) is 6.54 Å². The van der Waals surface area contributed by atoms with Gasteiger partial charge in [-0.2, -0.15) is 0 Å². The molecule has 0 bridgehead atoms. The second-order valence-corrected chi connectivity index (χ2v) is 5.08. The lowest BCUT2D eigenvalue weighted by Crippen LogP contribution is -2.15. The third-order valence-electron chi connectivity index (χ3n) is 2.57. The van der Waals surface area contributed by atoms with Crippen LogP contribution in [0.25, 0.3) is 0 Å². The third kappa shape index (κ3) is 3.45. The fourth-order valence-electron chi connectivity index (χ4n) is 1.65. The number of carbonyl (C=O) groups is 1. The minimum Gasteiger partial charge on any atom is -0.380 e. The highest BCUT2D eigenvalue weighted by molar-refractivity contribution is 9.10. The molecule has 98 valence electrons. The summed E-state index contributed by atoms with van der Waals surface area (Å²) in [4.78, 5) is 15.3. The molecule has 4 nitrogen and oxygen atoms in total. The van der Waals surface area contributed by atoms with Gasteiger partial charge < -0.3 is 11.1 Å². The van der Waals surface area contributed by atoms with E-state index in [0.717, 1.165) is 11.3 Å². The number of hydrogen-bond donors (Lipinski definition) is 2. The Balaban J connectivity index is 2.19. The van der Waals surface area contributed by atoms with Gasteiger partial charge in [0.05, 0.1) is 10.7 Å². The Hall–Kier alpha value is -1.59. The molecule has 1 aromatic heterocycles. The molecule has 0 unspecified atom stereocenters. The lowest BCUT2D eigenvalue weighted by Gasteiger charge is -2.10. The Kier molecular flexibility index (Phi) is 4.39. The van der Waals surface area contributed by atoms with Crippen molar-refractivity contribution in [2.75, 3.05) is 5.32 Å². The highest BCUT2D eigenvalue weighted by atomic mass is 79.9. The van der Waals surface area contributed by atoms with Gasteiger partial charge in [-0.3, -0.25) is 4.79 Å². The molecule has 0 aliphatic heterocycles. The molecular formula is C13H11BrClN3O. The van der Waals surface area contributed by atoms with Crippen molar-refractivity contribution in [3.63, 3.8) is 0 Å². The molecule has 3 N–H and O–H groups in total. The Bertz CT molecular complexity index is 619. The van der Waals surface area contributed by atoms with Crippen molar-refractivity contribution < 1.29 is 4.79 Å². The minimum absolute atomic E-state index is 0.445. The smallest absolute Gasteiger partial charge is 0.249 e. The highest BCUT2D eigenvalue weighted by Gasteiger charge is 2.08. The summed E-state index contributed by atoms with van der Waals surface area (Å²) in [5.41, 5.74) is 7.38. The molecule has 0 spiro atoms. The zero-order valence-corrected chi connectivity index (χ0v) is 12.2. The van der Waals surface area contributed by atoms with Crippen LogP contribution in [0.15, 0.2) is 41.1 Å². The lowest BCUT2D eigenvalue weighted by atomic mass is 10.1. The number of rotatable bonds is 4. The second kappa shape index (κ2) is 6.04. The number of nitrogens with zero attached hydrogens (tertiary/aromatic N) is 1. The van der Waals surface area contributed by atoms with Crippen LogP contribution < -0.4 is 11.1 Å².